The van der Waals surface area contributed by atoms with E-state index >= 15 is 0 Å². The lowest BCUT2D eigenvalue weighted by Crippen LogP contribution is -2.35. The van der Waals surface area contributed by atoms with Gasteiger partial charge in [0.25, 0.3) is 5.69 Å². The van der Waals surface area contributed by atoms with E-state index in [0.29, 0.717) is 25.3 Å². The van der Waals surface area contributed by atoms with Crippen molar-refractivity contribution in [3.8, 4) is 0 Å². The van der Waals surface area contributed by atoms with Gasteiger partial charge in [-0.05, 0) is 31.4 Å². The van der Waals surface area contributed by atoms with Crippen molar-refractivity contribution in [2.45, 2.75) is 62.9 Å². The second-order valence-electron chi connectivity index (χ2n) is 7.76. The van der Waals surface area contributed by atoms with Crippen LogP contribution in [-0.4, -0.2) is 51.5 Å². The van der Waals surface area contributed by atoms with Gasteiger partial charge in [0.1, 0.15) is 11.5 Å². The highest BCUT2D eigenvalue weighted by Crippen LogP contribution is 2.31. The van der Waals surface area contributed by atoms with Gasteiger partial charge >= 0.3 is 0 Å². The highest BCUT2D eigenvalue weighted by molar-refractivity contribution is 7.89. The van der Waals surface area contributed by atoms with Crippen LogP contribution >= 0.6 is 0 Å². The van der Waals surface area contributed by atoms with Crippen LogP contribution in [-0.2, 0) is 29.4 Å². The summed E-state index contributed by atoms with van der Waals surface area (Å²) in [5, 5.41) is 19.4. The Morgan fingerprint density at radius 2 is 2.03 bits per heavy atom. The summed E-state index contributed by atoms with van der Waals surface area (Å²) < 4.78 is 29.1. The molecule has 2 aliphatic rings. The Hall–Kier alpha value is -2.53. The number of nitro benzene ring substituents is 1. The molecule has 1 N–H and O–H groups in total. The number of anilines is 1. The third kappa shape index (κ3) is 4.04. The molecule has 0 saturated carbocycles. The Morgan fingerprint density at radius 1 is 1.27 bits per heavy atom. The number of piperidine rings is 1. The number of hydrogen-bond acceptors (Lipinski definition) is 7. The highest BCUT2D eigenvalue weighted by Gasteiger charge is 2.29. The molecule has 1 aromatic carbocycles. The molecule has 4 rings (SSSR count). The summed E-state index contributed by atoms with van der Waals surface area (Å²) >= 11 is 0. The molecule has 1 aromatic heterocycles. The van der Waals surface area contributed by atoms with Gasteiger partial charge in [-0.25, -0.2) is 18.1 Å². The summed E-state index contributed by atoms with van der Waals surface area (Å²) in [6.07, 6.45) is 4.90. The number of benzene rings is 1. The number of hydrogen-bond donors (Lipinski definition) is 1. The van der Waals surface area contributed by atoms with Crippen molar-refractivity contribution >= 4 is 21.4 Å². The molecule has 3 heterocycles. The van der Waals surface area contributed by atoms with E-state index in [1.54, 1.807) is 0 Å². The third-order valence-corrected chi connectivity index (χ3v) is 7.59. The van der Waals surface area contributed by atoms with Crippen molar-refractivity contribution in [1.29, 1.82) is 0 Å². The van der Waals surface area contributed by atoms with E-state index in [2.05, 4.69) is 15.4 Å². The zero-order valence-corrected chi connectivity index (χ0v) is 17.8. The second-order valence-corrected chi connectivity index (χ2v) is 9.70. The summed E-state index contributed by atoms with van der Waals surface area (Å²) in [6, 6.07) is 4.08. The van der Waals surface area contributed by atoms with Gasteiger partial charge in [-0.1, -0.05) is 13.3 Å². The quantitative estimate of drug-likeness (QED) is 0.547. The molecule has 0 aliphatic carbocycles. The molecule has 11 heteroatoms. The SMILES string of the molecule is CCc1nc2n(n1)CC(Nc1ccc(S(=O)(=O)N3CCCCC3)cc1[N+](=O)[O-])CC2. The van der Waals surface area contributed by atoms with Crippen LogP contribution in [0.5, 0.6) is 0 Å². The number of aromatic nitrogens is 3. The van der Waals surface area contributed by atoms with Crippen LogP contribution in [0.25, 0.3) is 0 Å². The average Bonchev–Trinajstić information content (AvgIpc) is 3.17. The Bertz CT molecular complexity index is 1050. The van der Waals surface area contributed by atoms with Crippen LogP contribution < -0.4 is 5.32 Å². The van der Waals surface area contributed by atoms with E-state index in [9.17, 15) is 18.5 Å². The number of rotatable bonds is 6. The second kappa shape index (κ2) is 8.31. The van der Waals surface area contributed by atoms with Gasteiger partial charge in [0.2, 0.25) is 10.0 Å². The molecule has 162 valence electrons. The molecule has 1 fully saturated rings. The van der Waals surface area contributed by atoms with Gasteiger partial charge in [-0.15, -0.1) is 0 Å². The lowest BCUT2D eigenvalue weighted by molar-refractivity contribution is -0.384. The van der Waals surface area contributed by atoms with Gasteiger partial charge in [-0.3, -0.25) is 10.1 Å². The molecule has 1 unspecified atom stereocenters. The third-order valence-electron chi connectivity index (χ3n) is 5.70. The van der Waals surface area contributed by atoms with E-state index in [0.717, 1.165) is 50.2 Å². The lowest BCUT2D eigenvalue weighted by atomic mass is 10.1. The molecule has 1 saturated heterocycles. The summed E-state index contributed by atoms with van der Waals surface area (Å²) in [6.45, 7) is 3.48. The highest BCUT2D eigenvalue weighted by atomic mass is 32.2. The Labute approximate surface area is 175 Å². The minimum absolute atomic E-state index is 0.0311. The monoisotopic (exact) mass is 434 g/mol. The number of sulfonamides is 1. The van der Waals surface area contributed by atoms with Crippen molar-refractivity contribution in [2.75, 3.05) is 18.4 Å². The molecule has 1 atom stereocenters. The van der Waals surface area contributed by atoms with E-state index in [1.807, 2.05) is 11.6 Å². The maximum atomic E-state index is 12.9. The molecular weight excluding hydrogens is 408 g/mol. The van der Waals surface area contributed by atoms with Crippen molar-refractivity contribution in [2.24, 2.45) is 0 Å². The minimum Gasteiger partial charge on any atom is -0.375 e. The van der Waals surface area contributed by atoms with Crippen molar-refractivity contribution in [3.05, 3.63) is 40.0 Å². The Balaban J connectivity index is 1.56. The standard InChI is InChI=1S/C19H26N6O4S/c1-2-18-21-19-9-6-14(13-24(19)22-18)20-16-8-7-15(12-17(16)25(26)27)30(28,29)23-10-4-3-5-11-23/h7-8,12,14,20H,2-6,9-11,13H2,1H3. The first-order chi connectivity index (χ1) is 14.4. The summed E-state index contributed by atoms with van der Waals surface area (Å²) in [7, 11) is -3.73. The average molecular weight is 435 g/mol. The first-order valence-corrected chi connectivity index (χ1v) is 11.8. The zero-order valence-electron chi connectivity index (χ0n) is 17.0. The fraction of sp³-hybridized carbons (Fsp3) is 0.579. The molecule has 30 heavy (non-hydrogen) atoms. The van der Waals surface area contributed by atoms with Crippen LogP contribution in [0.4, 0.5) is 11.4 Å². The molecule has 0 amide bonds. The zero-order chi connectivity index (χ0) is 21.3. The van der Waals surface area contributed by atoms with E-state index in [1.165, 1.54) is 22.5 Å². The summed E-state index contributed by atoms with van der Waals surface area (Å²) in [5.41, 5.74) is 0.0913. The molecule has 0 spiro atoms. The predicted molar refractivity (Wildman–Crippen MR) is 111 cm³/mol. The lowest BCUT2D eigenvalue weighted by Gasteiger charge is -2.26. The van der Waals surface area contributed by atoms with E-state index < -0.39 is 14.9 Å². The van der Waals surface area contributed by atoms with Crippen LogP contribution in [0.1, 0.15) is 44.3 Å². The molecule has 0 radical (unpaired) electrons. The van der Waals surface area contributed by atoms with Crippen molar-refractivity contribution in [1.82, 2.24) is 19.1 Å². The summed E-state index contributed by atoms with van der Waals surface area (Å²) in [5.74, 6) is 1.73. The number of fused-ring (bicyclic) bond motifs is 1. The van der Waals surface area contributed by atoms with Gasteiger partial charge < -0.3 is 5.32 Å². The fourth-order valence-electron chi connectivity index (χ4n) is 4.05. The largest absolute Gasteiger partial charge is 0.375 e. The van der Waals surface area contributed by atoms with Crippen LogP contribution in [0.3, 0.4) is 0 Å². The summed E-state index contributed by atoms with van der Waals surface area (Å²) in [4.78, 5) is 15.6. The van der Waals surface area contributed by atoms with Gasteiger partial charge in [0.05, 0.1) is 16.4 Å². The number of nitro groups is 1. The van der Waals surface area contributed by atoms with Crippen molar-refractivity contribution in [3.63, 3.8) is 0 Å². The predicted octanol–water partition coefficient (Wildman–Crippen LogP) is 2.35. The molecule has 2 aliphatic heterocycles. The first-order valence-electron chi connectivity index (χ1n) is 10.4. The number of nitrogens with one attached hydrogen (secondary N) is 1. The maximum Gasteiger partial charge on any atom is 0.293 e. The maximum absolute atomic E-state index is 12.9. The van der Waals surface area contributed by atoms with Crippen LogP contribution in [0.2, 0.25) is 0 Å². The molecule has 0 bridgehead atoms. The van der Waals surface area contributed by atoms with Gasteiger partial charge in [0, 0.05) is 38.0 Å². The first kappa shape index (κ1) is 20.7. The Kier molecular flexibility index (Phi) is 5.74. The van der Waals surface area contributed by atoms with Crippen LogP contribution in [0, 0.1) is 10.1 Å². The Morgan fingerprint density at radius 3 is 2.73 bits per heavy atom. The number of nitrogens with zero attached hydrogens (tertiary/aromatic N) is 5. The smallest absolute Gasteiger partial charge is 0.293 e. The van der Waals surface area contributed by atoms with Gasteiger partial charge in [-0.2, -0.15) is 9.40 Å². The molecular formula is C19H26N6O4S. The van der Waals surface area contributed by atoms with Crippen LogP contribution in [0.15, 0.2) is 23.1 Å². The van der Waals surface area contributed by atoms with E-state index in [4.69, 9.17) is 0 Å². The minimum atomic E-state index is -3.73. The fourth-order valence-corrected chi connectivity index (χ4v) is 5.59. The van der Waals surface area contributed by atoms with Gasteiger partial charge in [0.15, 0.2) is 5.82 Å². The topological polar surface area (TPSA) is 123 Å². The molecule has 2 aromatic rings. The molecule has 10 nitrogen and oxygen atoms in total. The number of aryl methyl sites for hydroxylation is 2. The van der Waals surface area contributed by atoms with Crippen molar-refractivity contribution < 1.29 is 13.3 Å². The normalized spacial score (nSPS) is 20.0. The van der Waals surface area contributed by atoms with E-state index in [-0.39, 0.29) is 16.6 Å².